The van der Waals surface area contributed by atoms with Gasteiger partial charge < -0.3 is 15.2 Å². The van der Waals surface area contributed by atoms with Gasteiger partial charge in [0.2, 0.25) is 5.95 Å². The number of hydrogen-bond donors (Lipinski definition) is 1. The van der Waals surface area contributed by atoms with Crippen LogP contribution in [-0.2, 0) is 0 Å². The third-order valence-corrected chi connectivity index (χ3v) is 2.79. The lowest BCUT2D eigenvalue weighted by molar-refractivity contribution is 0.304. The molecule has 1 aromatic carbocycles. The number of rotatable bonds is 4. The zero-order valence-electron chi connectivity index (χ0n) is 9.93. The minimum atomic E-state index is 0.0135. The summed E-state index contributed by atoms with van der Waals surface area (Å²) < 4.78 is 11.4. The fraction of sp³-hybridized carbons (Fsp3) is 0.182. The molecule has 0 atom stereocenters. The molecule has 0 spiro atoms. The van der Waals surface area contributed by atoms with Gasteiger partial charge in [-0.3, -0.25) is 0 Å². The van der Waals surface area contributed by atoms with E-state index in [9.17, 15) is 0 Å². The third-order valence-electron chi connectivity index (χ3n) is 1.98. The van der Waals surface area contributed by atoms with E-state index in [0.717, 1.165) is 4.47 Å². The summed E-state index contributed by atoms with van der Waals surface area (Å²) in [6.07, 6.45) is 0. The number of ether oxygens (including phenoxy) is 2. The van der Waals surface area contributed by atoms with Crippen molar-refractivity contribution in [3.63, 3.8) is 0 Å². The predicted molar refractivity (Wildman–Crippen MR) is 74.6 cm³/mol. The molecule has 0 fully saturated rings. The van der Waals surface area contributed by atoms with Crippen molar-refractivity contribution in [1.82, 2.24) is 15.0 Å². The Bertz CT molecular complexity index is 597. The second-order valence-corrected chi connectivity index (χ2v) is 4.69. The summed E-state index contributed by atoms with van der Waals surface area (Å²) in [5.74, 6) is 0.420. The van der Waals surface area contributed by atoms with Crippen molar-refractivity contribution in [2.24, 2.45) is 0 Å². The van der Waals surface area contributed by atoms with E-state index in [4.69, 9.17) is 26.8 Å². The molecule has 0 bridgehead atoms. The smallest absolute Gasteiger partial charge is 0.330 e. The SMILES string of the molecule is CCOc1nc(N)nc(Oc2cc(Br)ccc2Cl)n1. The van der Waals surface area contributed by atoms with E-state index in [1.165, 1.54) is 0 Å². The van der Waals surface area contributed by atoms with Crippen LogP contribution in [0.25, 0.3) is 0 Å². The van der Waals surface area contributed by atoms with Crippen LogP contribution in [0.15, 0.2) is 22.7 Å². The highest BCUT2D eigenvalue weighted by Gasteiger charge is 2.10. The molecular weight excluding hydrogens is 336 g/mol. The van der Waals surface area contributed by atoms with Gasteiger partial charge in [-0.1, -0.05) is 27.5 Å². The van der Waals surface area contributed by atoms with E-state index >= 15 is 0 Å². The van der Waals surface area contributed by atoms with Crippen molar-refractivity contribution in [1.29, 1.82) is 0 Å². The van der Waals surface area contributed by atoms with Crippen LogP contribution in [-0.4, -0.2) is 21.6 Å². The summed E-state index contributed by atoms with van der Waals surface area (Å²) >= 11 is 9.33. The molecule has 0 saturated carbocycles. The van der Waals surface area contributed by atoms with Crippen molar-refractivity contribution in [2.45, 2.75) is 6.92 Å². The van der Waals surface area contributed by atoms with E-state index < -0.39 is 0 Å². The Hall–Kier alpha value is -1.60. The Morgan fingerprint density at radius 2 is 2.00 bits per heavy atom. The lowest BCUT2D eigenvalue weighted by atomic mass is 10.3. The Morgan fingerprint density at radius 1 is 1.26 bits per heavy atom. The summed E-state index contributed by atoms with van der Waals surface area (Å²) in [6.45, 7) is 2.23. The number of aromatic nitrogens is 3. The molecule has 0 aliphatic carbocycles. The van der Waals surface area contributed by atoms with E-state index in [2.05, 4.69) is 30.9 Å². The maximum Gasteiger partial charge on any atom is 0.330 e. The summed E-state index contributed by atoms with van der Waals surface area (Å²) in [7, 11) is 0. The molecule has 0 aliphatic rings. The van der Waals surface area contributed by atoms with E-state index in [0.29, 0.717) is 17.4 Å². The van der Waals surface area contributed by atoms with E-state index in [1.807, 2.05) is 6.92 Å². The van der Waals surface area contributed by atoms with Crippen LogP contribution in [0, 0.1) is 0 Å². The van der Waals surface area contributed by atoms with Gasteiger partial charge in [0.05, 0.1) is 11.6 Å². The van der Waals surface area contributed by atoms with Gasteiger partial charge in [-0.25, -0.2) is 0 Å². The molecule has 100 valence electrons. The fourth-order valence-electron chi connectivity index (χ4n) is 1.25. The molecule has 1 aromatic heterocycles. The van der Waals surface area contributed by atoms with Crippen LogP contribution in [0.1, 0.15) is 6.92 Å². The zero-order chi connectivity index (χ0) is 13.8. The standard InChI is InChI=1S/C11H10BrClN4O2/c1-2-18-10-15-9(14)16-11(17-10)19-8-5-6(12)3-4-7(8)13/h3-5H,2H2,1H3,(H2,14,15,16,17). The topological polar surface area (TPSA) is 83.2 Å². The van der Waals surface area contributed by atoms with Gasteiger partial charge in [-0.15, -0.1) is 4.98 Å². The monoisotopic (exact) mass is 344 g/mol. The van der Waals surface area contributed by atoms with Crippen molar-refractivity contribution >= 4 is 33.5 Å². The summed E-state index contributed by atoms with van der Waals surface area (Å²) in [6, 6.07) is 5.31. The van der Waals surface area contributed by atoms with E-state index in [1.54, 1.807) is 18.2 Å². The third kappa shape index (κ3) is 3.68. The van der Waals surface area contributed by atoms with Crippen LogP contribution in [0.3, 0.4) is 0 Å². The molecule has 2 N–H and O–H groups in total. The number of hydrogen-bond acceptors (Lipinski definition) is 6. The van der Waals surface area contributed by atoms with Crippen molar-refractivity contribution in [2.75, 3.05) is 12.3 Å². The molecule has 0 unspecified atom stereocenters. The lowest BCUT2D eigenvalue weighted by Gasteiger charge is -2.08. The largest absolute Gasteiger partial charge is 0.464 e. The van der Waals surface area contributed by atoms with E-state index in [-0.39, 0.29) is 18.0 Å². The second-order valence-electron chi connectivity index (χ2n) is 3.37. The fourth-order valence-corrected chi connectivity index (χ4v) is 1.74. The molecule has 2 aromatic rings. The molecule has 0 saturated heterocycles. The van der Waals surface area contributed by atoms with Gasteiger partial charge in [0.15, 0.2) is 5.75 Å². The number of anilines is 1. The maximum atomic E-state index is 6.01. The first kappa shape index (κ1) is 13.8. The van der Waals surface area contributed by atoms with Crippen LogP contribution in [0.5, 0.6) is 17.8 Å². The number of nitrogens with zero attached hydrogens (tertiary/aromatic N) is 3. The molecule has 1 heterocycles. The number of benzene rings is 1. The average molecular weight is 346 g/mol. The van der Waals surface area contributed by atoms with Gasteiger partial charge >= 0.3 is 12.0 Å². The highest BCUT2D eigenvalue weighted by Crippen LogP contribution is 2.31. The van der Waals surface area contributed by atoms with Crippen LogP contribution in [0.4, 0.5) is 5.95 Å². The first-order valence-corrected chi connectivity index (χ1v) is 6.53. The minimum Gasteiger partial charge on any atom is -0.464 e. The van der Waals surface area contributed by atoms with Gasteiger partial charge in [0, 0.05) is 4.47 Å². The van der Waals surface area contributed by atoms with Gasteiger partial charge in [0.25, 0.3) is 0 Å². The number of nitrogen functional groups attached to an aromatic ring is 1. The number of halogens is 2. The normalized spacial score (nSPS) is 10.3. The molecule has 2 rings (SSSR count). The Balaban J connectivity index is 2.29. The predicted octanol–water partition coefficient (Wildman–Crippen LogP) is 3.06. The summed E-state index contributed by atoms with van der Waals surface area (Å²) in [4.78, 5) is 11.6. The highest BCUT2D eigenvalue weighted by atomic mass is 79.9. The average Bonchev–Trinajstić information content (AvgIpc) is 2.33. The number of nitrogens with two attached hydrogens (primary N) is 1. The lowest BCUT2D eigenvalue weighted by Crippen LogP contribution is -2.04. The first-order chi connectivity index (χ1) is 9.08. The van der Waals surface area contributed by atoms with Gasteiger partial charge in [-0.2, -0.15) is 9.97 Å². The van der Waals surface area contributed by atoms with Gasteiger partial charge in [-0.05, 0) is 25.1 Å². The van der Waals surface area contributed by atoms with Crippen molar-refractivity contribution in [3.8, 4) is 17.8 Å². The van der Waals surface area contributed by atoms with Crippen molar-refractivity contribution in [3.05, 3.63) is 27.7 Å². The molecule has 0 amide bonds. The Kier molecular flexibility index (Phi) is 4.39. The first-order valence-electron chi connectivity index (χ1n) is 5.35. The molecule has 0 radical (unpaired) electrons. The summed E-state index contributed by atoms with van der Waals surface area (Å²) in [5, 5.41) is 0.431. The molecular formula is C11H10BrClN4O2. The zero-order valence-corrected chi connectivity index (χ0v) is 12.3. The molecule has 0 aliphatic heterocycles. The molecule has 6 nitrogen and oxygen atoms in total. The molecule has 8 heteroatoms. The Morgan fingerprint density at radius 3 is 2.74 bits per heavy atom. The quantitative estimate of drug-likeness (QED) is 0.917. The second kappa shape index (κ2) is 6.03. The minimum absolute atomic E-state index is 0.0135. The Labute approximate surface area is 123 Å². The van der Waals surface area contributed by atoms with Crippen LogP contribution in [0.2, 0.25) is 5.02 Å². The summed E-state index contributed by atoms with van der Waals surface area (Å²) in [5.41, 5.74) is 5.55. The van der Waals surface area contributed by atoms with Gasteiger partial charge in [0.1, 0.15) is 0 Å². The van der Waals surface area contributed by atoms with Crippen LogP contribution >= 0.6 is 27.5 Å². The van der Waals surface area contributed by atoms with Crippen molar-refractivity contribution < 1.29 is 9.47 Å². The maximum absolute atomic E-state index is 6.01. The highest BCUT2D eigenvalue weighted by molar-refractivity contribution is 9.10. The molecule has 19 heavy (non-hydrogen) atoms. The van der Waals surface area contributed by atoms with Crippen LogP contribution < -0.4 is 15.2 Å².